The van der Waals surface area contributed by atoms with Crippen molar-refractivity contribution in [2.24, 2.45) is 5.92 Å². The molecular weight excluding hydrogens is 296 g/mol. The maximum absolute atomic E-state index is 12.4. The molecule has 1 N–H and O–H groups in total. The van der Waals surface area contributed by atoms with Crippen molar-refractivity contribution in [3.05, 3.63) is 0 Å². The Labute approximate surface area is 139 Å². The van der Waals surface area contributed by atoms with Gasteiger partial charge in [-0.2, -0.15) is 0 Å². The highest BCUT2D eigenvalue weighted by Crippen LogP contribution is 2.26. The fourth-order valence-electron chi connectivity index (χ4n) is 3.04. The quantitative estimate of drug-likeness (QED) is 0.801. The normalized spacial score (nSPS) is 19.7. The second kappa shape index (κ2) is 9.11. The molecule has 0 atom stereocenters. The van der Waals surface area contributed by atoms with E-state index in [0.29, 0.717) is 32.1 Å². The number of aliphatic hydroxyl groups excluding tert-OH is 1. The molecule has 134 valence electrons. The summed E-state index contributed by atoms with van der Waals surface area (Å²) in [6.45, 7) is 8.03. The van der Waals surface area contributed by atoms with Crippen LogP contribution in [0.15, 0.2) is 0 Å². The SMILES string of the molecule is CC(C)(C)OC(=O)N1CCN(C(=O)C2CCCCC2)CC1.CO. The lowest BCUT2D eigenvalue weighted by atomic mass is 9.88. The molecule has 1 heterocycles. The van der Waals surface area contributed by atoms with Crippen molar-refractivity contribution in [2.75, 3.05) is 33.3 Å². The number of piperazine rings is 1. The first-order valence-electron chi connectivity index (χ1n) is 8.58. The molecule has 6 nitrogen and oxygen atoms in total. The van der Waals surface area contributed by atoms with Crippen LogP contribution in [0.3, 0.4) is 0 Å². The van der Waals surface area contributed by atoms with Crippen molar-refractivity contribution in [1.82, 2.24) is 9.80 Å². The van der Waals surface area contributed by atoms with Crippen LogP contribution in [0.2, 0.25) is 0 Å². The molecule has 2 aliphatic rings. The maximum Gasteiger partial charge on any atom is 0.410 e. The van der Waals surface area contributed by atoms with Crippen molar-refractivity contribution in [3.63, 3.8) is 0 Å². The summed E-state index contributed by atoms with van der Waals surface area (Å²) in [4.78, 5) is 28.1. The molecule has 0 aromatic heterocycles. The zero-order valence-corrected chi connectivity index (χ0v) is 15.0. The van der Waals surface area contributed by atoms with Gasteiger partial charge in [-0.15, -0.1) is 0 Å². The van der Waals surface area contributed by atoms with Crippen molar-refractivity contribution in [3.8, 4) is 0 Å². The van der Waals surface area contributed by atoms with Gasteiger partial charge in [0.1, 0.15) is 5.60 Å². The fraction of sp³-hybridized carbons (Fsp3) is 0.882. The number of ether oxygens (including phenoxy) is 1. The molecule has 2 fully saturated rings. The van der Waals surface area contributed by atoms with Crippen molar-refractivity contribution >= 4 is 12.0 Å². The number of aliphatic hydroxyl groups is 1. The van der Waals surface area contributed by atoms with Crippen LogP contribution in [0.25, 0.3) is 0 Å². The second-order valence-corrected chi connectivity index (χ2v) is 7.13. The minimum atomic E-state index is -0.466. The lowest BCUT2D eigenvalue weighted by Crippen LogP contribution is -2.52. The third-order valence-electron chi connectivity index (χ3n) is 4.20. The summed E-state index contributed by atoms with van der Waals surface area (Å²) in [7, 11) is 1.00. The largest absolute Gasteiger partial charge is 0.444 e. The molecule has 1 aliphatic carbocycles. The molecule has 0 aromatic carbocycles. The number of hydrogen-bond donors (Lipinski definition) is 1. The van der Waals surface area contributed by atoms with E-state index in [0.717, 1.165) is 20.0 Å². The molecule has 6 heteroatoms. The number of carbonyl (C=O) groups excluding carboxylic acids is 2. The number of nitrogens with zero attached hydrogens (tertiary/aromatic N) is 2. The summed E-state index contributed by atoms with van der Waals surface area (Å²) < 4.78 is 5.37. The van der Waals surface area contributed by atoms with Crippen molar-refractivity contribution in [1.29, 1.82) is 0 Å². The van der Waals surface area contributed by atoms with E-state index in [9.17, 15) is 9.59 Å². The van der Waals surface area contributed by atoms with Crippen molar-refractivity contribution in [2.45, 2.75) is 58.5 Å². The van der Waals surface area contributed by atoms with Gasteiger partial charge < -0.3 is 19.6 Å². The van der Waals surface area contributed by atoms with Gasteiger partial charge in [0.25, 0.3) is 0 Å². The minimum absolute atomic E-state index is 0.215. The Morgan fingerprint density at radius 2 is 1.39 bits per heavy atom. The highest BCUT2D eigenvalue weighted by atomic mass is 16.6. The summed E-state index contributed by atoms with van der Waals surface area (Å²) >= 11 is 0. The molecule has 2 amide bonds. The van der Waals surface area contributed by atoms with Crippen LogP contribution >= 0.6 is 0 Å². The number of rotatable bonds is 1. The molecule has 1 saturated carbocycles. The smallest absolute Gasteiger partial charge is 0.410 e. The van der Waals surface area contributed by atoms with E-state index >= 15 is 0 Å². The van der Waals surface area contributed by atoms with E-state index in [1.54, 1.807) is 4.90 Å². The predicted octanol–water partition coefficient (Wildman–Crippen LogP) is 2.25. The van der Waals surface area contributed by atoms with Gasteiger partial charge in [0.05, 0.1) is 0 Å². The Kier molecular flexibility index (Phi) is 7.82. The maximum atomic E-state index is 12.4. The van der Waals surface area contributed by atoms with Gasteiger partial charge in [0.2, 0.25) is 5.91 Å². The van der Waals surface area contributed by atoms with Gasteiger partial charge in [-0.1, -0.05) is 19.3 Å². The molecule has 2 rings (SSSR count). The van der Waals surface area contributed by atoms with Crippen LogP contribution in [-0.4, -0.2) is 65.8 Å². The van der Waals surface area contributed by atoms with Crippen LogP contribution in [0.1, 0.15) is 52.9 Å². The number of carbonyl (C=O) groups is 2. The molecule has 0 bridgehead atoms. The summed E-state index contributed by atoms with van der Waals surface area (Å²) in [5.41, 5.74) is -0.466. The molecule has 1 aliphatic heterocycles. The molecular formula is C17H32N2O4. The van der Waals surface area contributed by atoms with Gasteiger partial charge in [0.15, 0.2) is 0 Å². The third kappa shape index (κ3) is 6.37. The molecule has 1 saturated heterocycles. The molecule has 0 spiro atoms. The van der Waals surface area contributed by atoms with Gasteiger partial charge >= 0.3 is 6.09 Å². The topological polar surface area (TPSA) is 70.1 Å². The first-order valence-corrected chi connectivity index (χ1v) is 8.58. The Hall–Kier alpha value is -1.30. The lowest BCUT2D eigenvalue weighted by Gasteiger charge is -2.37. The van der Waals surface area contributed by atoms with Crippen LogP contribution in [0.5, 0.6) is 0 Å². The lowest BCUT2D eigenvalue weighted by molar-refractivity contribution is -0.138. The first-order chi connectivity index (χ1) is 10.9. The Balaban J connectivity index is 0.00000127. The van der Waals surface area contributed by atoms with Crippen LogP contribution in [0, 0.1) is 5.92 Å². The van der Waals surface area contributed by atoms with E-state index in [1.807, 2.05) is 25.7 Å². The first kappa shape index (κ1) is 19.7. The average Bonchev–Trinajstić information content (AvgIpc) is 2.55. The highest BCUT2D eigenvalue weighted by Gasteiger charge is 2.31. The zero-order valence-electron chi connectivity index (χ0n) is 15.0. The molecule has 0 unspecified atom stereocenters. The highest BCUT2D eigenvalue weighted by molar-refractivity contribution is 5.79. The number of hydrogen-bond acceptors (Lipinski definition) is 4. The predicted molar refractivity (Wildman–Crippen MR) is 89.1 cm³/mol. The zero-order chi connectivity index (χ0) is 17.5. The molecule has 0 aromatic rings. The van der Waals surface area contributed by atoms with Crippen molar-refractivity contribution < 1.29 is 19.4 Å². The van der Waals surface area contributed by atoms with E-state index in [1.165, 1.54) is 19.3 Å². The van der Waals surface area contributed by atoms with E-state index in [2.05, 4.69) is 0 Å². The molecule has 0 radical (unpaired) electrons. The molecule has 23 heavy (non-hydrogen) atoms. The van der Waals surface area contributed by atoms with Gasteiger partial charge in [-0.3, -0.25) is 4.79 Å². The summed E-state index contributed by atoms with van der Waals surface area (Å²) in [6, 6.07) is 0. The van der Waals surface area contributed by atoms with Crippen LogP contribution in [-0.2, 0) is 9.53 Å². The Morgan fingerprint density at radius 3 is 1.87 bits per heavy atom. The van der Waals surface area contributed by atoms with Crippen LogP contribution < -0.4 is 0 Å². The minimum Gasteiger partial charge on any atom is -0.444 e. The summed E-state index contributed by atoms with van der Waals surface area (Å²) in [6.07, 6.45) is 5.40. The van der Waals surface area contributed by atoms with E-state index in [-0.39, 0.29) is 12.0 Å². The fourth-order valence-corrected chi connectivity index (χ4v) is 3.04. The standard InChI is InChI=1S/C16H28N2O3.CH4O/c1-16(2,3)21-15(20)18-11-9-17(10-12-18)14(19)13-7-5-4-6-8-13;1-2/h13H,4-12H2,1-3H3;2H,1H3. The van der Waals surface area contributed by atoms with Gasteiger partial charge in [0, 0.05) is 39.2 Å². The second-order valence-electron chi connectivity index (χ2n) is 7.13. The Bertz CT molecular complexity index is 379. The summed E-state index contributed by atoms with van der Waals surface area (Å²) in [5.74, 6) is 0.505. The van der Waals surface area contributed by atoms with Gasteiger partial charge in [-0.05, 0) is 33.6 Å². The van der Waals surface area contributed by atoms with Crippen LogP contribution in [0.4, 0.5) is 4.79 Å². The Morgan fingerprint density at radius 1 is 0.913 bits per heavy atom. The van der Waals surface area contributed by atoms with E-state index < -0.39 is 5.60 Å². The van der Waals surface area contributed by atoms with Gasteiger partial charge in [-0.25, -0.2) is 4.79 Å². The van der Waals surface area contributed by atoms with E-state index in [4.69, 9.17) is 9.84 Å². The third-order valence-corrected chi connectivity index (χ3v) is 4.20. The summed E-state index contributed by atoms with van der Waals surface area (Å²) in [5, 5.41) is 7.00. The average molecular weight is 328 g/mol. The monoisotopic (exact) mass is 328 g/mol. The number of amides is 2.